The first-order chi connectivity index (χ1) is 10.4. The van der Waals surface area contributed by atoms with Gasteiger partial charge in [-0.05, 0) is 30.7 Å². The number of carbonyl (C=O) groups is 1. The van der Waals surface area contributed by atoms with Crippen LogP contribution < -0.4 is 10.2 Å². The number of benzene rings is 1. The summed E-state index contributed by atoms with van der Waals surface area (Å²) in [7, 11) is 3.77. The maximum atomic E-state index is 12.0. The van der Waals surface area contributed by atoms with E-state index in [0.29, 0.717) is 23.9 Å². The van der Waals surface area contributed by atoms with Gasteiger partial charge in [0, 0.05) is 24.8 Å². The van der Waals surface area contributed by atoms with E-state index in [1.54, 1.807) is 12.1 Å². The lowest BCUT2D eigenvalue weighted by molar-refractivity contribution is -0.120. The Morgan fingerprint density at radius 3 is 2.55 bits per heavy atom. The average Bonchev–Trinajstić information content (AvgIpc) is 2.47. The van der Waals surface area contributed by atoms with Crippen LogP contribution in [0.2, 0.25) is 5.02 Å². The van der Waals surface area contributed by atoms with Gasteiger partial charge in [0.15, 0.2) is 0 Å². The predicted molar refractivity (Wildman–Crippen MR) is 88.1 cm³/mol. The van der Waals surface area contributed by atoms with E-state index in [2.05, 4.69) is 15.3 Å². The Morgan fingerprint density at radius 2 is 1.91 bits per heavy atom. The summed E-state index contributed by atoms with van der Waals surface area (Å²) in [6, 6.07) is 9.12. The Labute approximate surface area is 135 Å². The van der Waals surface area contributed by atoms with Crippen molar-refractivity contribution < 1.29 is 4.79 Å². The van der Waals surface area contributed by atoms with Gasteiger partial charge in [-0.3, -0.25) is 4.79 Å². The maximum absolute atomic E-state index is 12.0. The van der Waals surface area contributed by atoms with Crippen LogP contribution in [0.5, 0.6) is 0 Å². The van der Waals surface area contributed by atoms with Gasteiger partial charge in [-0.1, -0.05) is 23.7 Å². The third kappa shape index (κ3) is 4.70. The van der Waals surface area contributed by atoms with Gasteiger partial charge in [0.1, 0.15) is 0 Å². The summed E-state index contributed by atoms with van der Waals surface area (Å²) in [6.45, 7) is 2.30. The number of hydrogen-bond donors (Lipinski definition) is 1. The van der Waals surface area contributed by atoms with Crippen molar-refractivity contribution in [3.8, 4) is 0 Å². The molecule has 0 radical (unpaired) electrons. The molecule has 0 saturated carbocycles. The minimum Gasteiger partial charge on any atom is -0.350 e. The molecule has 0 saturated heterocycles. The number of hydrogen-bond acceptors (Lipinski definition) is 4. The number of anilines is 1. The highest BCUT2D eigenvalue weighted by Crippen LogP contribution is 2.10. The van der Waals surface area contributed by atoms with Gasteiger partial charge in [0.2, 0.25) is 11.9 Å². The number of aromatic nitrogens is 2. The molecule has 5 nitrogen and oxygen atoms in total. The topological polar surface area (TPSA) is 58.1 Å². The van der Waals surface area contributed by atoms with Gasteiger partial charge in [-0.25, -0.2) is 9.97 Å². The molecule has 22 heavy (non-hydrogen) atoms. The zero-order valence-corrected chi connectivity index (χ0v) is 13.7. The molecule has 6 heteroatoms. The predicted octanol–water partition coefficient (Wildman–Crippen LogP) is 2.36. The van der Waals surface area contributed by atoms with E-state index in [4.69, 9.17) is 11.6 Å². The summed E-state index contributed by atoms with van der Waals surface area (Å²) in [4.78, 5) is 22.5. The van der Waals surface area contributed by atoms with Crippen LogP contribution in [-0.4, -0.2) is 30.0 Å². The Balaban J connectivity index is 1.94. The number of halogens is 1. The summed E-state index contributed by atoms with van der Waals surface area (Å²) in [5, 5.41) is 3.54. The van der Waals surface area contributed by atoms with E-state index in [9.17, 15) is 4.79 Å². The molecule has 0 fully saturated rings. The third-order valence-corrected chi connectivity index (χ3v) is 3.29. The van der Waals surface area contributed by atoms with E-state index in [-0.39, 0.29) is 5.91 Å². The molecule has 1 aromatic carbocycles. The molecule has 1 amide bonds. The Kier molecular flexibility index (Phi) is 5.33. The molecule has 116 valence electrons. The van der Waals surface area contributed by atoms with Crippen molar-refractivity contribution in [1.82, 2.24) is 15.3 Å². The minimum absolute atomic E-state index is 0.0509. The van der Waals surface area contributed by atoms with Crippen LogP contribution in [0.1, 0.15) is 17.0 Å². The first-order valence-corrected chi connectivity index (χ1v) is 7.35. The highest BCUT2D eigenvalue weighted by Gasteiger charge is 2.07. The zero-order chi connectivity index (χ0) is 16.1. The van der Waals surface area contributed by atoms with Gasteiger partial charge in [-0.15, -0.1) is 0 Å². The number of nitrogens with one attached hydrogen (secondary N) is 1. The molecule has 0 atom stereocenters. The molecule has 2 rings (SSSR count). The monoisotopic (exact) mass is 318 g/mol. The van der Waals surface area contributed by atoms with Crippen LogP contribution in [0.25, 0.3) is 0 Å². The molecule has 0 aliphatic rings. The smallest absolute Gasteiger partial charge is 0.225 e. The van der Waals surface area contributed by atoms with Crippen LogP contribution >= 0.6 is 11.6 Å². The largest absolute Gasteiger partial charge is 0.350 e. The molecule has 1 N–H and O–H groups in total. The first kappa shape index (κ1) is 16.2. The fourth-order valence-corrected chi connectivity index (χ4v) is 2.07. The van der Waals surface area contributed by atoms with Crippen molar-refractivity contribution in [3.05, 3.63) is 52.3 Å². The van der Waals surface area contributed by atoms with Crippen molar-refractivity contribution in [2.24, 2.45) is 0 Å². The zero-order valence-electron chi connectivity index (χ0n) is 12.9. The Morgan fingerprint density at radius 1 is 1.23 bits per heavy atom. The van der Waals surface area contributed by atoms with Gasteiger partial charge >= 0.3 is 0 Å². The first-order valence-electron chi connectivity index (χ1n) is 6.97. The van der Waals surface area contributed by atoms with E-state index >= 15 is 0 Å². The van der Waals surface area contributed by atoms with Crippen molar-refractivity contribution in [1.29, 1.82) is 0 Å². The van der Waals surface area contributed by atoms with E-state index in [0.717, 1.165) is 17.0 Å². The lowest BCUT2D eigenvalue weighted by Gasteiger charge is -2.12. The maximum Gasteiger partial charge on any atom is 0.225 e. The van der Waals surface area contributed by atoms with Crippen molar-refractivity contribution in [2.45, 2.75) is 19.9 Å². The number of amides is 1. The molecule has 2 aromatic rings. The fourth-order valence-electron chi connectivity index (χ4n) is 1.95. The molecule has 0 bridgehead atoms. The minimum atomic E-state index is -0.0509. The SMILES string of the molecule is Cc1cc(CNC(=O)Cc2ccc(Cl)cc2)nc(N(C)C)n1. The van der Waals surface area contributed by atoms with E-state index in [1.165, 1.54) is 0 Å². The summed E-state index contributed by atoms with van der Waals surface area (Å²) in [5.74, 6) is 0.590. The highest BCUT2D eigenvalue weighted by molar-refractivity contribution is 6.30. The molecule has 0 aliphatic heterocycles. The standard InChI is InChI=1S/C16H19ClN4O/c1-11-8-14(20-16(19-11)21(2)3)10-18-15(22)9-12-4-6-13(17)7-5-12/h4-8H,9-10H2,1-3H3,(H,18,22). The molecule has 0 aliphatic carbocycles. The second kappa shape index (κ2) is 7.22. The quantitative estimate of drug-likeness (QED) is 0.919. The Hall–Kier alpha value is -2.14. The fraction of sp³-hybridized carbons (Fsp3) is 0.312. The van der Waals surface area contributed by atoms with E-state index < -0.39 is 0 Å². The number of nitrogens with zero attached hydrogens (tertiary/aromatic N) is 3. The lowest BCUT2D eigenvalue weighted by Crippen LogP contribution is -2.25. The molecule has 1 heterocycles. The van der Waals surface area contributed by atoms with Crippen molar-refractivity contribution in [3.63, 3.8) is 0 Å². The number of aryl methyl sites for hydroxylation is 1. The van der Waals surface area contributed by atoms with E-state index in [1.807, 2.05) is 44.1 Å². The van der Waals surface area contributed by atoms with Crippen molar-refractivity contribution >= 4 is 23.5 Å². The van der Waals surface area contributed by atoms with Gasteiger partial charge in [0.05, 0.1) is 18.7 Å². The Bertz CT molecular complexity index is 656. The molecule has 0 spiro atoms. The number of rotatable bonds is 5. The van der Waals surface area contributed by atoms with Crippen LogP contribution in [0.15, 0.2) is 30.3 Å². The second-order valence-corrected chi connectivity index (χ2v) is 5.71. The lowest BCUT2D eigenvalue weighted by atomic mass is 10.1. The van der Waals surface area contributed by atoms with Crippen LogP contribution in [0.3, 0.4) is 0 Å². The van der Waals surface area contributed by atoms with Gasteiger partial charge in [-0.2, -0.15) is 0 Å². The van der Waals surface area contributed by atoms with Crippen LogP contribution in [0, 0.1) is 6.92 Å². The average molecular weight is 319 g/mol. The normalized spacial score (nSPS) is 10.4. The third-order valence-electron chi connectivity index (χ3n) is 3.04. The summed E-state index contributed by atoms with van der Waals surface area (Å²) in [6.07, 6.45) is 0.321. The van der Waals surface area contributed by atoms with Crippen molar-refractivity contribution in [2.75, 3.05) is 19.0 Å². The second-order valence-electron chi connectivity index (χ2n) is 5.28. The molecule has 1 aromatic heterocycles. The highest BCUT2D eigenvalue weighted by atomic mass is 35.5. The summed E-state index contributed by atoms with van der Waals surface area (Å²) >= 11 is 5.83. The summed E-state index contributed by atoms with van der Waals surface area (Å²) < 4.78 is 0. The van der Waals surface area contributed by atoms with Gasteiger partial charge in [0.25, 0.3) is 0 Å². The molecular weight excluding hydrogens is 300 g/mol. The van der Waals surface area contributed by atoms with Crippen LogP contribution in [0.4, 0.5) is 5.95 Å². The number of carbonyl (C=O) groups excluding carboxylic acids is 1. The van der Waals surface area contributed by atoms with Crippen LogP contribution in [-0.2, 0) is 17.8 Å². The van der Waals surface area contributed by atoms with Gasteiger partial charge < -0.3 is 10.2 Å². The molecule has 0 unspecified atom stereocenters. The molecular formula is C16H19ClN4O. The summed E-state index contributed by atoms with van der Waals surface area (Å²) in [5.41, 5.74) is 2.59.